The predicted molar refractivity (Wildman–Crippen MR) is 51.3 cm³/mol. The van der Waals surface area contributed by atoms with Crippen LogP contribution in [0.1, 0.15) is 24.5 Å². The van der Waals surface area contributed by atoms with Gasteiger partial charge in [-0.2, -0.15) is 0 Å². The third-order valence-electron chi connectivity index (χ3n) is 1.25. The van der Waals surface area contributed by atoms with E-state index in [-0.39, 0.29) is 45.4 Å². The van der Waals surface area contributed by atoms with Crippen LogP contribution in [-0.4, -0.2) is 16.2 Å². The fraction of sp³-hybridized carbons (Fsp3) is 0.625. The molecule has 4 nitrogen and oxygen atoms in total. The predicted octanol–water partition coefficient (Wildman–Crippen LogP) is 1.85. The Hall–Kier alpha value is 0.614. The number of hydrogen-bond donors (Lipinski definition) is 1. The molecule has 6 heteroatoms. The number of nitrogens with zero attached hydrogens (tertiary/aromatic N) is 2. The van der Waals surface area contributed by atoms with Gasteiger partial charge < -0.3 is 15.4 Å². The molecule has 1 aromatic heterocycles. The molecule has 1 rings (SSSR count). The Balaban J connectivity index is 0.00000169. The minimum Gasteiger partial charge on any atom is -0.528 e. The van der Waals surface area contributed by atoms with Crippen LogP contribution in [0, 0.1) is 0 Å². The fourth-order valence-corrected chi connectivity index (χ4v) is 1.43. The van der Waals surface area contributed by atoms with Crippen molar-refractivity contribution < 1.29 is 42.7 Å². The minimum absolute atomic E-state index is 0. The summed E-state index contributed by atoms with van der Waals surface area (Å²) in [5.74, 6) is 0. The van der Waals surface area contributed by atoms with Crippen molar-refractivity contribution in [3.8, 4) is 0 Å². The SMILES string of the molecule is CC(C)O[N-]Cc1nc(CO)cs1.[Y]. The number of aliphatic hydroxyl groups excluding tert-OH is 1. The Kier molecular flexibility index (Phi) is 8.19. The molecule has 0 amide bonds. The molecular weight excluding hydrogens is 277 g/mol. The third kappa shape index (κ3) is 5.48. The molecule has 0 atom stereocenters. The smallest absolute Gasteiger partial charge is 0.0861 e. The molecule has 0 aromatic carbocycles. The van der Waals surface area contributed by atoms with Crippen molar-refractivity contribution in [3.05, 3.63) is 21.6 Å². The Morgan fingerprint density at radius 1 is 1.64 bits per heavy atom. The van der Waals surface area contributed by atoms with Crippen LogP contribution in [-0.2, 0) is 50.7 Å². The van der Waals surface area contributed by atoms with Crippen LogP contribution in [0.4, 0.5) is 0 Å². The largest absolute Gasteiger partial charge is 0.528 e. The quantitative estimate of drug-likeness (QED) is 0.842. The van der Waals surface area contributed by atoms with Crippen LogP contribution in [0.25, 0.3) is 5.48 Å². The van der Waals surface area contributed by atoms with E-state index in [1.807, 2.05) is 19.2 Å². The van der Waals surface area contributed by atoms with Crippen molar-refractivity contribution in [1.82, 2.24) is 4.98 Å². The summed E-state index contributed by atoms with van der Waals surface area (Å²) in [6.07, 6.45) is 0.109. The van der Waals surface area contributed by atoms with Gasteiger partial charge in [-0.15, -0.1) is 11.3 Å². The number of rotatable bonds is 5. The average Bonchev–Trinajstić information content (AvgIpc) is 2.52. The van der Waals surface area contributed by atoms with Crippen LogP contribution in [0.3, 0.4) is 0 Å². The third-order valence-corrected chi connectivity index (χ3v) is 2.13. The van der Waals surface area contributed by atoms with Gasteiger partial charge in [-0.25, -0.2) is 4.98 Å². The number of aromatic nitrogens is 1. The first kappa shape index (κ1) is 14.6. The van der Waals surface area contributed by atoms with Crippen molar-refractivity contribution in [2.45, 2.75) is 33.1 Å². The molecule has 0 spiro atoms. The minimum atomic E-state index is -0.0124. The normalized spacial score (nSPS) is 10.3. The summed E-state index contributed by atoms with van der Waals surface area (Å²) in [7, 11) is 0. The first-order valence-corrected chi connectivity index (χ1v) is 4.97. The zero-order chi connectivity index (χ0) is 9.68. The number of aliphatic hydroxyl groups is 1. The topological polar surface area (TPSA) is 56.5 Å². The van der Waals surface area contributed by atoms with Gasteiger partial charge in [0.25, 0.3) is 0 Å². The number of thiazole rings is 1. The Bertz CT molecular complexity index is 255. The molecule has 1 heterocycles. The van der Waals surface area contributed by atoms with E-state index in [2.05, 4.69) is 10.5 Å². The zero-order valence-corrected chi connectivity index (χ0v) is 12.0. The van der Waals surface area contributed by atoms with E-state index < -0.39 is 0 Å². The Morgan fingerprint density at radius 2 is 2.36 bits per heavy atom. The van der Waals surface area contributed by atoms with E-state index in [4.69, 9.17) is 9.94 Å². The van der Waals surface area contributed by atoms with Gasteiger partial charge >= 0.3 is 0 Å². The van der Waals surface area contributed by atoms with Gasteiger partial charge in [-0.1, -0.05) is 6.54 Å². The Labute approximate surface area is 113 Å². The summed E-state index contributed by atoms with van der Waals surface area (Å²) in [4.78, 5) is 9.14. The molecule has 0 saturated carbocycles. The molecule has 0 aliphatic carbocycles. The summed E-state index contributed by atoms with van der Waals surface area (Å²) >= 11 is 1.48. The van der Waals surface area contributed by atoms with Crippen molar-refractivity contribution in [2.24, 2.45) is 0 Å². The molecule has 0 bridgehead atoms. The van der Waals surface area contributed by atoms with Crippen LogP contribution in [0.2, 0.25) is 0 Å². The molecule has 1 N–H and O–H groups in total. The van der Waals surface area contributed by atoms with Crippen LogP contribution in [0.5, 0.6) is 0 Å². The summed E-state index contributed by atoms with van der Waals surface area (Å²) in [5, 5.41) is 11.4. The maximum atomic E-state index is 8.75. The van der Waals surface area contributed by atoms with E-state index in [9.17, 15) is 0 Å². The zero-order valence-electron chi connectivity index (χ0n) is 8.30. The van der Waals surface area contributed by atoms with Gasteiger partial charge in [-0.3, -0.25) is 0 Å². The van der Waals surface area contributed by atoms with E-state index in [1.54, 1.807) is 0 Å². The van der Waals surface area contributed by atoms with Crippen LogP contribution < -0.4 is 0 Å². The van der Waals surface area contributed by atoms with E-state index in [1.165, 1.54) is 11.3 Å². The van der Waals surface area contributed by atoms with Gasteiger partial charge in [0.05, 0.1) is 17.3 Å². The van der Waals surface area contributed by atoms with E-state index in [0.29, 0.717) is 12.2 Å². The summed E-state index contributed by atoms with van der Waals surface area (Å²) in [6, 6.07) is 0. The molecule has 77 valence electrons. The maximum absolute atomic E-state index is 8.75. The fourth-order valence-electron chi connectivity index (χ4n) is 0.736. The van der Waals surface area contributed by atoms with Crippen molar-refractivity contribution in [1.29, 1.82) is 0 Å². The molecule has 0 aliphatic heterocycles. The first-order valence-electron chi connectivity index (χ1n) is 4.09. The van der Waals surface area contributed by atoms with Gasteiger partial charge in [0.2, 0.25) is 0 Å². The molecule has 0 unspecified atom stereocenters. The van der Waals surface area contributed by atoms with E-state index >= 15 is 0 Å². The first-order chi connectivity index (χ1) is 6.22. The second-order valence-corrected chi connectivity index (χ2v) is 3.77. The number of hydroxylamine groups is 1. The van der Waals surface area contributed by atoms with Crippen molar-refractivity contribution in [3.63, 3.8) is 0 Å². The summed E-state index contributed by atoms with van der Waals surface area (Å²) in [5.41, 5.74) is 4.55. The molecule has 14 heavy (non-hydrogen) atoms. The summed E-state index contributed by atoms with van der Waals surface area (Å²) in [6.45, 7) is 4.29. The van der Waals surface area contributed by atoms with Gasteiger partial charge in [0.1, 0.15) is 0 Å². The van der Waals surface area contributed by atoms with Crippen molar-refractivity contribution >= 4 is 11.3 Å². The monoisotopic (exact) mass is 290 g/mol. The average molecular weight is 290 g/mol. The maximum Gasteiger partial charge on any atom is 0.0861 e. The van der Waals surface area contributed by atoms with Crippen LogP contribution >= 0.6 is 11.3 Å². The Morgan fingerprint density at radius 3 is 2.86 bits per heavy atom. The second-order valence-electron chi connectivity index (χ2n) is 2.83. The molecule has 0 fully saturated rings. The van der Waals surface area contributed by atoms with Gasteiger partial charge in [0.15, 0.2) is 0 Å². The van der Waals surface area contributed by atoms with Crippen molar-refractivity contribution in [2.75, 3.05) is 0 Å². The molecule has 0 aliphatic rings. The summed E-state index contributed by atoms with van der Waals surface area (Å²) < 4.78 is 0. The van der Waals surface area contributed by atoms with E-state index in [0.717, 1.165) is 5.01 Å². The van der Waals surface area contributed by atoms with Gasteiger partial charge in [-0.05, 0) is 13.8 Å². The molecule has 0 saturated heterocycles. The van der Waals surface area contributed by atoms with Crippen LogP contribution in [0.15, 0.2) is 5.38 Å². The molecule has 1 radical (unpaired) electrons. The second kappa shape index (κ2) is 7.85. The molecular formula is C8H13N2O2SY-. The standard InChI is InChI=1S/C8H13N2O2S.Y/c1-6(2)12-9-3-8-10-7(4-11)5-13-8;/h5-6,11H,3-4H2,1-2H3;/q-1;. The number of hydrogen-bond acceptors (Lipinski definition) is 4. The molecule has 1 aromatic rings. The van der Waals surface area contributed by atoms with Gasteiger partial charge in [0, 0.05) is 44.2 Å².